The molecule has 0 radical (unpaired) electrons. The topological polar surface area (TPSA) is 84.9 Å². The molecule has 1 fully saturated rings. The quantitative estimate of drug-likeness (QED) is 0.809. The Morgan fingerprint density at radius 2 is 1.92 bits per heavy atom. The summed E-state index contributed by atoms with van der Waals surface area (Å²) in [7, 11) is 0. The molecular weight excluding hydrogens is 310 g/mol. The number of ether oxygens (including phenoxy) is 2. The summed E-state index contributed by atoms with van der Waals surface area (Å²) in [6.45, 7) is 2.09. The van der Waals surface area contributed by atoms with Gasteiger partial charge >= 0.3 is 5.97 Å². The van der Waals surface area contributed by atoms with Crippen molar-refractivity contribution >= 4 is 11.9 Å². The van der Waals surface area contributed by atoms with Crippen LogP contribution in [0.4, 0.5) is 0 Å². The Kier molecular flexibility index (Phi) is 4.64. The number of carbonyl (C=O) groups excluding carboxylic acids is 1. The summed E-state index contributed by atoms with van der Waals surface area (Å²) < 4.78 is 10.9. The van der Waals surface area contributed by atoms with Crippen LogP contribution in [0.3, 0.4) is 0 Å². The third-order valence-corrected chi connectivity index (χ3v) is 5.16. The van der Waals surface area contributed by atoms with E-state index in [-0.39, 0.29) is 12.2 Å². The van der Waals surface area contributed by atoms with Crippen LogP contribution >= 0.6 is 0 Å². The summed E-state index contributed by atoms with van der Waals surface area (Å²) in [5.41, 5.74) is 0.947. The van der Waals surface area contributed by atoms with Crippen molar-refractivity contribution in [2.24, 2.45) is 5.92 Å². The third-order valence-electron chi connectivity index (χ3n) is 5.16. The monoisotopic (exact) mass is 333 g/mol. The van der Waals surface area contributed by atoms with Crippen molar-refractivity contribution in [3.8, 4) is 11.5 Å². The third kappa shape index (κ3) is 3.18. The summed E-state index contributed by atoms with van der Waals surface area (Å²) in [5.74, 6) is -1.10. The molecule has 130 valence electrons. The predicted molar refractivity (Wildman–Crippen MR) is 87.1 cm³/mol. The van der Waals surface area contributed by atoms with E-state index in [1.807, 2.05) is 18.2 Å². The second-order valence-corrected chi connectivity index (χ2v) is 6.69. The van der Waals surface area contributed by atoms with Crippen molar-refractivity contribution in [2.75, 3.05) is 13.3 Å². The molecule has 1 aliphatic heterocycles. The van der Waals surface area contributed by atoms with Crippen LogP contribution in [0.1, 0.15) is 44.6 Å². The van der Waals surface area contributed by atoms with Gasteiger partial charge in [0, 0.05) is 12.0 Å². The van der Waals surface area contributed by atoms with Gasteiger partial charge in [-0.2, -0.15) is 0 Å². The Morgan fingerprint density at radius 1 is 1.21 bits per heavy atom. The highest BCUT2D eigenvalue weighted by molar-refractivity contribution is 5.96. The van der Waals surface area contributed by atoms with Crippen LogP contribution in [0, 0.1) is 5.92 Å². The van der Waals surface area contributed by atoms with Gasteiger partial charge in [0.15, 0.2) is 11.5 Å². The van der Waals surface area contributed by atoms with Crippen LogP contribution in [-0.4, -0.2) is 30.3 Å². The molecule has 6 nitrogen and oxygen atoms in total. The lowest BCUT2D eigenvalue weighted by atomic mass is 9.69. The Morgan fingerprint density at radius 3 is 2.62 bits per heavy atom. The van der Waals surface area contributed by atoms with Crippen LogP contribution < -0.4 is 14.8 Å². The molecule has 1 amide bonds. The molecule has 1 heterocycles. The highest BCUT2D eigenvalue weighted by atomic mass is 16.7. The Labute approximate surface area is 141 Å². The zero-order valence-corrected chi connectivity index (χ0v) is 13.8. The molecule has 1 atom stereocenters. The number of benzene rings is 1. The SMILES string of the molecule is CC(C(=O)O)C(=O)NCC1(c2ccc3c(c2)OCO3)CCCCC1. The van der Waals surface area contributed by atoms with Crippen LogP contribution in [0.15, 0.2) is 18.2 Å². The largest absolute Gasteiger partial charge is 0.481 e. The van der Waals surface area contributed by atoms with Crippen LogP contribution in [0.2, 0.25) is 0 Å². The van der Waals surface area contributed by atoms with Gasteiger partial charge in [0.05, 0.1) is 0 Å². The molecule has 1 aromatic carbocycles. The summed E-state index contributed by atoms with van der Waals surface area (Å²) in [6.07, 6.45) is 5.31. The van der Waals surface area contributed by atoms with Gasteiger partial charge in [-0.25, -0.2) is 0 Å². The van der Waals surface area contributed by atoms with E-state index in [1.54, 1.807) is 0 Å². The van der Waals surface area contributed by atoms with Crippen LogP contribution in [-0.2, 0) is 15.0 Å². The molecule has 0 bridgehead atoms. The molecule has 0 spiro atoms. The number of carboxylic acid groups (broad SMARTS) is 1. The van der Waals surface area contributed by atoms with E-state index >= 15 is 0 Å². The molecule has 24 heavy (non-hydrogen) atoms. The van der Waals surface area contributed by atoms with E-state index in [2.05, 4.69) is 5.32 Å². The Hall–Kier alpha value is -2.24. The van der Waals surface area contributed by atoms with Crippen molar-refractivity contribution in [3.63, 3.8) is 0 Å². The number of rotatable bonds is 5. The summed E-state index contributed by atoms with van der Waals surface area (Å²) >= 11 is 0. The Bertz CT molecular complexity index is 636. The van der Waals surface area contributed by atoms with Crippen LogP contribution in [0.25, 0.3) is 0 Å². The molecule has 1 aromatic rings. The molecule has 6 heteroatoms. The van der Waals surface area contributed by atoms with Crippen molar-refractivity contribution in [2.45, 2.75) is 44.4 Å². The van der Waals surface area contributed by atoms with Crippen molar-refractivity contribution in [1.29, 1.82) is 0 Å². The van der Waals surface area contributed by atoms with Gasteiger partial charge in [0.2, 0.25) is 12.7 Å². The zero-order valence-electron chi connectivity index (χ0n) is 13.8. The average molecular weight is 333 g/mol. The standard InChI is InChI=1S/C18H23NO5/c1-12(17(21)22)16(20)19-10-18(7-3-2-4-8-18)13-5-6-14-15(9-13)24-11-23-14/h5-6,9,12H,2-4,7-8,10-11H2,1H3,(H,19,20)(H,21,22). The lowest BCUT2D eigenvalue weighted by molar-refractivity contribution is -0.146. The van der Waals surface area contributed by atoms with Gasteiger partial charge < -0.3 is 19.9 Å². The molecule has 2 aliphatic rings. The van der Waals surface area contributed by atoms with Crippen molar-refractivity contribution in [1.82, 2.24) is 5.32 Å². The molecule has 3 rings (SSSR count). The van der Waals surface area contributed by atoms with Crippen molar-refractivity contribution in [3.05, 3.63) is 23.8 Å². The first kappa shape index (κ1) is 16.6. The fraction of sp³-hybridized carbons (Fsp3) is 0.556. The first-order chi connectivity index (χ1) is 11.5. The van der Waals surface area contributed by atoms with E-state index < -0.39 is 17.8 Å². The predicted octanol–water partition coefficient (Wildman–Crippen LogP) is 2.45. The smallest absolute Gasteiger partial charge is 0.315 e. The summed E-state index contributed by atoms with van der Waals surface area (Å²) in [5, 5.41) is 11.8. The van der Waals surface area contributed by atoms with Gasteiger partial charge in [-0.15, -0.1) is 0 Å². The lowest BCUT2D eigenvalue weighted by Crippen LogP contribution is -2.44. The highest BCUT2D eigenvalue weighted by Crippen LogP contribution is 2.43. The molecule has 1 unspecified atom stereocenters. The number of amides is 1. The molecule has 1 saturated carbocycles. The highest BCUT2D eigenvalue weighted by Gasteiger charge is 2.36. The van der Waals surface area contributed by atoms with Crippen molar-refractivity contribution < 1.29 is 24.2 Å². The number of carbonyl (C=O) groups is 2. The minimum Gasteiger partial charge on any atom is -0.481 e. The number of nitrogens with one attached hydrogen (secondary N) is 1. The second-order valence-electron chi connectivity index (χ2n) is 6.69. The lowest BCUT2D eigenvalue weighted by Gasteiger charge is -2.38. The first-order valence-corrected chi connectivity index (χ1v) is 8.42. The number of aliphatic carboxylic acids is 1. The molecule has 0 aromatic heterocycles. The van der Waals surface area contributed by atoms with Crippen LogP contribution in [0.5, 0.6) is 11.5 Å². The molecule has 0 saturated heterocycles. The fourth-order valence-electron chi connectivity index (χ4n) is 3.54. The maximum atomic E-state index is 12.1. The van der Waals surface area contributed by atoms with Gasteiger partial charge in [-0.1, -0.05) is 25.3 Å². The zero-order chi connectivity index (χ0) is 17.2. The maximum Gasteiger partial charge on any atom is 0.315 e. The second kappa shape index (κ2) is 6.71. The van der Waals surface area contributed by atoms with E-state index in [1.165, 1.54) is 13.3 Å². The van der Waals surface area contributed by atoms with E-state index in [4.69, 9.17) is 14.6 Å². The fourth-order valence-corrected chi connectivity index (χ4v) is 3.54. The van der Waals surface area contributed by atoms with Gasteiger partial charge in [-0.3, -0.25) is 9.59 Å². The Balaban J connectivity index is 1.80. The van der Waals surface area contributed by atoms with Gasteiger partial charge in [0.1, 0.15) is 5.92 Å². The number of fused-ring (bicyclic) bond motifs is 1. The minimum absolute atomic E-state index is 0.173. The number of hydrogen-bond donors (Lipinski definition) is 2. The number of hydrogen-bond acceptors (Lipinski definition) is 4. The maximum absolute atomic E-state index is 12.1. The first-order valence-electron chi connectivity index (χ1n) is 8.42. The molecule has 2 N–H and O–H groups in total. The summed E-state index contributed by atoms with van der Waals surface area (Å²) in [6, 6.07) is 5.95. The summed E-state index contributed by atoms with van der Waals surface area (Å²) in [4.78, 5) is 23.0. The molecule has 1 aliphatic carbocycles. The van der Waals surface area contributed by atoms with Gasteiger partial charge in [0.25, 0.3) is 0 Å². The normalized spacial score (nSPS) is 19.5. The van der Waals surface area contributed by atoms with Gasteiger partial charge in [-0.05, 0) is 37.5 Å². The average Bonchev–Trinajstić information content (AvgIpc) is 3.07. The van der Waals surface area contributed by atoms with E-state index in [0.29, 0.717) is 6.54 Å². The number of carboxylic acids is 1. The van der Waals surface area contributed by atoms with E-state index in [9.17, 15) is 9.59 Å². The minimum atomic E-state index is -1.10. The van der Waals surface area contributed by atoms with E-state index in [0.717, 1.165) is 42.7 Å². The molecular formula is C18H23NO5.